The van der Waals surface area contributed by atoms with Crippen molar-refractivity contribution in [3.63, 3.8) is 0 Å². The Morgan fingerprint density at radius 2 is 2.12 bits per heavy atom. The molecule has 1 saturated heterocycles. The van der Waals surface area contributed by atoms with Crippen molar-refractivity contribution < 1.29 is 23.8 Å². The normalized spacial score (nSPS) is 17.5. The average molecular weight is 367 g/mol. The molecular formula is C17H19ClN2O5. The molecule has 0 bridgehead atoms. The number of rotatable bonds is 5. The first-order valence-corrected chi connectivity index (χ1v) is 8.40. The topological polar surface area (TPSA) is 77.1 Å². The van der Waals surface area contributed by atoms with Crippen LogP contribution in [0.4, 0.5) is 4.79 Å². The standard InChI is InChI=1S/C17H19ClN2O5/c1-11(10-20-4-5-25-17(20)22)19-15(21)3-2-12-8-13(18)16-14(9-12)23-6-7-24-16/h2-3,8-9,11H,4-7,10H2,1H3,(H,19,21)/b3-2-/t11-/m1/s1. The molecule has 0 aromatic heterocycles. The van der Waals surface area contributed by atoms with E-state index >= 15 is 0 Å². The summed E-state index contributed by atoms with van der Waals surface area (Å²) in [4.78, 5) is 25.0. The van der Waals surface area contributed by atoms with Crippen LogP contribution in [0.25, 0.3) is 6.08 Å². The van der Waals surface area contributed by atoms with E-state index in [1.54, 1.807) is 23.1 Å². The van der Waals surface area contributed by atoms with Gasteiger partial charge in [-0.25, -0.2) is 4.79 Å². The molecular weight excluding hydrogens is 348 g/mol. The van der Waals surface area contributed by atoms with Crippen molar-refractivity contribution in [1.29, 1.82) is 0 Å². The van der Waals surface area contributed by atoms with E-state index < -0.39 is 0 Å². The number of ether oxygens (including phenoxy) is 3. The van der Waals surface area contributed by atoms with Crippen LogP contribution in [0.15, 0.2) is 18.2 Å². The van der Waals surface area contributed by atoms with E-state index in [0.29, 0.717) is 49.4 Å². The fourth-order valence-electron chi connectivity index (χ4n) is 2.66. The smallest absolute Gasteiger partial charge is 0.410 e. The van der Waals surface area contributed by atoms with Gasteiger partial charge in [0.2, 0.25) is 5.91 Å². The number of nitrogens with one attached hydrogen (secondary N) is 1. The molecule has 1 aromatic carbocycles. The van der Waals surface area contributed by atoms with Crippen LogP contribution in [0.5, 0.6) is 11.5 Å². The van der Waals surface area contributed by atoms with Crippen LogP contribution in [0, 0.1) is 0 Å². The second kappa shape index (κ2) is 7.65. The number of fused-ring (bicyclic) bond motifs is 1. The maximum Gasteiger partial charge on any atom is 0.410 e. The summed E-state index contributed by atoms with van der Waals surface area (Å²) in [6.45, 7) is 4.11. The maximum atomic E-state index is 12.0. The summed E-state index contributed by atoms with van der Waals surface area (Å²) in [5.74, 6) is 0.839. The van der Waals surface area contributed by atoms with Crippen molar-refractivity contribution >= 4 is 29.7 Å². The molecule has 0 spiro atoms. The van der Waals surface area contributed by atoms with Crippen LogP contribution in [0.3, 0.4) is 0 Å². The Kier molecular flexibility index (Phi) is 5.33. The highest BCUT2D eigenvalue weighted by atomic mass is 35.5. The SMILES string of the molecule is C[C@H](CN1CCOC1=O)NC(=O)/C=C\c1cc(Cl)c2c(c1)OCCO2. The molecule has 134 valence electrons. The molecule has 0 saturated carbocycles. The Morgan fingerprint density at radius 1 is 1.32 bits per heavy atom. The molecule has 1 fully saturated rings. The minimum atomic E-state index is -0.345. The summed E-state index contributed by atoms with van der Waals surface area (Å²) >= 11 is 6.17. The molecule has 1 N–H and O–H groups in total. The van der Waals surface area contributed by atoms with E-state index in [1.807, 2.05) is 6.92 Å². The van der Waals surface area contributed by atoms with Crippen LogP contribution < -0.4 is 14.8 Å². The van der Waals surface area contributed by atoms with E-state index in [2.05, 4.69) is 5.32 Å². The first-order valence-electron chi connectivity index (χ1n) is 8.02. The van der Waals surface area contributed by atoms with Gasteiger partial charge in [0, 0.05) is 18.7 Å². The van der Waals surface area contributed by atoms with Crippen LogP contribution in [-0.2, 0) is 9.53 Å². The average Bonchev–Trinajstić information content (AvgIpc) is 2.98. The van der Waals surface area contributed by atoms with Gasteiger partial charge in [-0.1, -0.05) is 11.6 Å². The fourth-order valence-corrected chi connectivity index (χ4v) is 2.93. The summed E-state index contributed by atoms with van der Waals surface area (Å²) in [5, 5.41) is 3.25. The number of halogens is 1. The molecule has 0 radical (unpaired) electrons. The van der Waals surface area contributed by atoms with Crippen LogP contribution in [0.2, 0.25) is 5.02 Å². The molecule has 25 heavy (non-hydrogen) atoms. The van der Waals surface area contributed by atoms with Gasteiger partial charge in [-0.15, -0.1) is 0 Å². The van der Waals surface area contributed by atoms with Crippen molar-refractivity contribution in [2.45, 2.75) is 13.0 Å². The van der Waals surface area contributed by atoms with Gasteiger partial charge in [-0.2, -0.15) is 0 Å². The van der Waals surface area contributed by atoms with Crippen LogP contribution >= 0.6 is 11.6 Å². The monoisotopic (exact) mass is 366 g/mol. The second-order valence-electron chi connectivity index (χ2n) is 5.83. The lowest BCUT2D eigenvalue weighted by Gasteiger charge is -2.20. The number of carbonyl (C=O) groups is 2. The van der Waals surface area contributed by atoms with E-state index in [0.717, 1.165) is 5.56 Å². The molecule has 3 rings (SSSR count). The predicted molar refractivity (Wildman–Crippen MR) is 92.0 cm³/mol. The molecule has 0 aliphatic carbocycles. The number of hydrogen-bond acceptors (Lipinski definition) is 5. The number of cyclic esters (lactones) is 1. The lowest BCUT2D eigenvalue weighted by atomic mass is 10.1. The summed E-state index contributed by atoms with van der Waals surface area (Å²) in [7, 11) is 0. The van der Waals surface area contributed by atoms with E-state index in [1.165, 1.54) is 6.08 Å². The number of benzene rings is 1. The zero-order chi connectivity index (χ0) is 17.8. The highest BCUT2D eigenvalue weighted by Gasteiger charge is 2.23. The van der Waals surface area contributed by atoms with Gasteiger partial charge in [0.05, 0.1) is 11.6 Å². The molecule has 0 unspecified atom stereocenters. The fraction of sp³-hybridized carbons (Fsp3) is 0.412. The Morgan fingerprint density at radius 3 is 2.88 bits per heavy atom. The third-order valence-corrected chi connectivity index (χ3v) is 4.05. The third kappa shape index (κ3) is 4.36. The third-order valence-electron chi connectivity index (χ3n) is 3.77. The van der Waals surface area contributed by atoms with E-state index in [4.69, 9.17) is 25.8 Å². The van der Waals surface area contributed by atoms with Gasteiger partial charge in [0.1, 0.15) is 19.8 Å². The van der Waals surface area contributed by atoms with E-state index in [-0.39, 0.29) is 18.0 Å². The zero-order valence-electron chi connectivity index (χ0n) is 13.8. The predicted octanol–water partition coefficient (Wildman–Crippen LogP) is 2.08. The summed E-state index contributed by atoms with van der Waals surface area (Å²) in [6.07, 6.45) is 2.72. The number of nitrogens with zero attached hydrogens (tertiary/aromatic N) is 1. The molecule has 2 amide bonds. The lowest BCUT2D eigenvalue weighted by molar-refractivity contribution is -0.117. The molecule has 1 atom stereocenters. The van der Waals surface area contributed by atoms with Crippen molar-refractivity contribution in [3.05, 3.63) is 28.8 Å². The first kappa shape index (κ1) is 17.4. The van der Waals surface area contributed by atoms with Crippen molar-refractivity contribution in [2.24, 2.45) is 0 Å². The minimum absolute atomic E-state index is 0.188. The van der Waals surface area contributed by atoms with Crippen LogP contribution in [-0.4, -0.2) is 55.9 Å². The quantitative estimate of drug-likeness (QED) is 0.807. The van der Waals surface area contributed by atoms with Gasteiger partial charge in [-0.05, 0) is 30.7 Å². The van der Waals surface area contributed by atoms with Gasteiger partial charge >= 0.3 is 6.09 Å². The van der Waals surface area contributed by atoms with Gasteiger partial charge in [0.25, 0.3) is 0 Å². The molecule has 2 heterocycles. The number of carbonyl (C=O) groups excluding carboxylic acids is 2. The Hall–Kier alpha value is -2.41. The molecule has 1 aromatic rings. The van der Waals surface area contributed by atoms with E-state index in [9.17, 15) is 9.59 Å². The maximum absolute atomic E-state index is 12.0. The number of hydrogen-bond donors (Lipinski definition) is 1. The van der Waals surface area contributed by atoms with Crippen molar-refractivity contribution in [3.8, 4) is 11.5 Å². The molecule has 8 heteroatoms. The molecule has 7 nitrogen and oxygen atoms in total. The summed E-state index contributed by atoms with van der Waals surface area (Å²) in [5.41, 5.74) is 0.736. The van der Waals surface area contributed by atoms with Crippen molar-refractivity contribution in [2.75, 3.05) is 32.9 Å². The first-order chi connectivity index (χ1) is 12.0. The largest absolute Gasteiger partial charge is 0.486 e. The summed E-state index contributed by atoms with van der Waals surface area (Å²) in [6, 6.07) is 3.29. The highest BCUT2D eigenvalue weighted by Crippen LogP contribution is 2.38. The Balaban J connectivity index is 1.57. The Bertz CT molecular complexity index is 707. The van der Waals surface area contributed by atoms with Crippen molar-refractivity contribution in [1.82, 2.24) is 10.2 Å². The molecule has 2 aliphatic heterocycles. The van der Waals surface area contributed by atoms with Gasteiger partial charge < -0.3 is 24.4 Å². The number of amides is 2. The molecule has 2 aliphatic rings. The van der Waals surface area contributed by atoms with Crippen LogP contribution in [0.1, 0.15) is 12.5 Å². The van der Waals surface area contributed by atoms with Gasteiger partial charge in [-0.3, -0.25) is 4.79 Å². The summed E-state index contributed by atoms with van der Waals surface area (Å²) < 4.78 is 15.8. The lowest BCUT2D eigenvalue weighted by Crippen LogP contribution is -2.41. The minimum Gasteiger partial charge on any atom is -0.486 e. The zero-order valence-corrected chi connectivity index (χ0v) is 14.5. The highest BCUT2D eigenvalue weighted by molar-refractivity contribution is 6.32. The van der Waals surface area contributed by atoms with Gasteiger partial charge in [0.15, 0.2) is 11.5 Å². The second-order valence-corrected chi connectivity index (χ2v) is 6.24. The Labute approximate surface area is 150 Å².